The minimum Gasteiger partial charge on any atom is -0.292 e. The molecule has 0 unspecified atom stereocenters. The van der Waals surface area contributed by atoms with Crippen molar-refractivity contribution >= 4 is 80.6 Å². The molecule has 0 aliphatic heterocycles. The Bertz CT molecular complexity index is 2760. The lowest BCUT2D eigenvalue weighted by Crippen LogP contribution is -1.93. The van der Waals surface area contributed by atoms with Crippen LogP contribution < -0.4 is 0 Å². The summed E-state index contributed by atoms with van der Waals surface area (Å²) >= 11 is 1.86. The van der Waals surface area contributed by atoms with Crippen LogP contribution in [0.2, 0.25) is 0 Å². The maximum atomic E-state index is 5.15. The lowest BCUT2D eigenvalue weighted by molar-refractivity contribution is 1.32. The van der Waals surface area contributed by atoms with Crippen LogP contribution in [0.15, 0.2) is 146 Å². The van der Waals surface area contributed by atoms with Crippen LogP contribution in [0.25, 0.3) is 91.6 Å². The number of imidazole rings is 1. The lowest BCUT2D eigenvalue weighted by atomic mass is 9.96. The first-order valence-corrected chi connectivity index (χ1v) is 15.8. The minimum atomic E-state index is 1.00. The van der Waals surface area contributed by atoms with E-state index in [0.717, 1.165) is 16.7 Å². The van der Waals surface area contributed by atoms with E-state index in [1.165, 1.54) is 74.9 Å². The summed E-state index contributed by atoms with van der Waals surface area (Å²) < 4.78 is 5.02. The lowest BCUT2D eigenvalue weighted by Gasteiger charge is -2.13. The van der Waals surface area contributed by atoms with E-state index in [4.69, 9.17) is 4.98 Å². The zero-order valence-electron chi connectivity index (χ0n) is 23.7. The first kappa shape index (κ1) is 24.0. The van der Waals surface area contributed by atoms with Crippen molar-refractivity contribution in [2.24, 2.45) is 0 Å². The number of para-hydroxylation sites is 2. The summed E-state index contributed by atoms with van der Waals surface area (Å²) in [5.74, 6) is 0. The first-order chi connectivity index (χ1) is 21.8. The Labute approximate surface area is 257 Å². The maximum Gasteiger partial charge on any atom is 0.146 e. The average molecular weight is 577 g/mol. The predicted octanol–water partition coefficient (Wildman–Crippen LogP) is 11.6. The van der Waals surface area contributed by atoms with Gasteiger partial charge in [-0.15, -0.1) is 11.3 Å². The fraction of sp³-hybridized carbons (Fsp3) is 0. The van der Waals surface area contributed by atoms with Gasteiger partial charge in [0, 0.05) is 30.9 Å². The van der Waals surface area contributed by atoms with Crippen molar-refractivity contribution in [2.45, 2.75) is 0 Å². The topological polar surface area (TPSA) is 17.3 Å². The molecule has 10 rings (SSSR count). The molecule has 2 nitrogen and oxygen atoms in total. The van der Waals surface area contributed by atoms with Crippen LogP contribution in [0.4, 0.5) is 0 Å². The van der Waals surface area contributed by atoms with Crippen molar-refractivity contribution < 1.29 is 0 Å². The monoisotopic (exact) mass is 576 g/mol. The Kier molecular flexibility index (Phi) is 4.90. The Balaban J connectivity index is 1.16. The van der Waals surface area contributed by atoms with Crippen molar-refractivity contribution in [1.82, 2.24) is 9.38 Å². The summed E-state index contributed by atoms with van der Waals surface area (Å²) in [4.78, 5) is 5.15. The predicted molar refractivity (Wildman–Crippen MR) is 189 cm³/mol. The van der Waals surface area contributed by atoms with Gasteiger partial charge in [-0.2, -0.15) is 0 Å². The molecule has 0 amide bonds. The van der Waals surface area contributed by atoms with Gasteiger partial charge < -0.3 is 0 Å². The van der Waals surface area contributed by atoms with Crippen molar-refractivity contribution in [2.75, 3.05) is 0 Å². The van der Waals surface area contributed by atoms with Gasteiger partial charge in [-0.1, -0.05) is 97.1 Å². The molecule has 0 radical (unpaired) electrons. The van der Waals surface area contributed by atoms with Crippen molar-refractivity contribution in [3.63, 3.8) is 0 Å². The van der Waals surface area contributed by atoms with E-state index in [-0.39, 0.29) is 0 Å². The number of hydrogen-bond acceptors (Lipinski definition) is 2. The van der Waals surface area contributed by atoms with Crippen molar-refractivity contribution in [3.05, 3.63) is 146 Å². The van der Waals surface area contributed by atoms with Crippen LogP contribution in [0, 0.1) is 0 Å². The molecule has 7 aromatic carbocycles. The van der Waals surface area contributed by atoms with Crippen LogP contribution in [0.3, 0.4) is 0 Å². The smallest absolute Gasteiger partial charge is 0.146 e. The second-order valence-electron chi connectivity index (χ2n) is 11.6. The van der Waals surface area contributed by atoms with Gasteiger partial charge in [0.1, 0.15) is 5.65 Å². The zero-order valence-corrected chi connectivity index (χ0v) is 24.5. The minimum absolute atomic E-state index is 1.00. The molecule has 3 heteroatoms. The van der Waals surface area contributed by atoms with Gasteiger partial charge in [0.15, 0.2) is 0 Å². The second kappa shape index (κ2) is 9.00. The highest BCUT2D eigenvalue weighted by atomic mass is 32.1. The molecule has 3 aromatic heterocycles. The molecule has 0 aliphatic rings. The third kappa shape index (κ3) is 3.45. The first-order valence-electron chi connectivity index (χ1n) is 15.0. The summed E-state index contributed by atoms with van der Waals surface area (Å²) in [5, 5.41) is 8.79. The fourth-order valence-electron chi connectivity index (χ4n) is 6.98. The van der Waals surface area contributed by atoms with Gasteiger partial charge in [-0.25, -0.2) is 4.98 Å². The van der Waals surface area contributed by atoms with Gasteiger partial charge in [-0.3, -0.25) is 4.40 Å². The van der Waals surface area contributed by atoms with Gasteiger partial charge >= 0.3 is 0 Å². The number of hydrogen-bond donors (Lipinski definition) is 0. The third-order valence-electron chi connectivity index (χ3n) is 9.14. The van der Waals surface area contributed by atoms with Crippen LogP contribution in [-0.4, -0.2) is 9.38 Å². The number of aromatic nitrogens is 2. The van der Waals surface area contributed by atoms with E-state index in [2.05, 4.69) is 150 Å². The molecule has 0 saturated carbocycles. The van der Waals surface area contributed by atoms with Crippen LogP contribution in [-0.2, 0) is 0 Å². The fourth-order valence-corrected chi connectivity index (χ4v) is 8.07. The summed E-state index contributed by atoms with van der Waals surface area (Å²) in [7, 11) is 0. The van der Waals surface area contributed by atoms with Crippen LogP contribution >= 0.6 is 11.3 Å². The molecule has 0 aliphatic carbocycles. The van der Waals surface area contributed by atoms with Crippen molar-refractivity contribution in [3.8, 4) is 22.3 Å². The molecule has 10 aromatic rings. The summed E-state index contributed by atoms with van der Waals surface area (Å²) in [6.45, 7) is 0. The van der Waals surface area contributed by atoms with E-state index in [9.17, 15) is 0 Å². The highest BCUT2D eigenvalue weighted by Crippen LogP contribution is 2.38. The molecular weight excluding hydrogens is 553 g/mol. The van der Waals surface area contributed by atoms with Gasteiger partial charge in [0.2, 0.25) is 0 Å². The average Bonchev–Trinajstić information content (AvgIpc) is 3.66. The van der Waals surface area contributed by atoms with Crippen molar-refractivity contribution in [1.29, 1.82) is 0 Å². The van der Waals surface area contributed by atoms with E-state index in [1.807, 2.05) is 11.3 Å². The van der Waals surface area contributed by atoms with E-state index in [1.54, 1.807) is 0 Å². The SMILES string of the molecule is c1ccc2cc3c(cc2c1)c1ccc(-c2ccc(-c4ccc5sc6ccccc6c5c4)cc2)cc1n1c2ccccc2nc31. The number of thiophene rings is 1. The normalized spacial score (nSPS) is 12.1. The second-order valence-corrected chi connectivity index (χ2v) is 12.7. The summed E-state index contributed by atoms with van der Waals surface area (Å²) in [6.07, 6.45) is 0. The number of fused-ring (bicyclic) bond motifs is 12. The maximum absolute atomic E-state index is 5.15. The van der Waals surface area contributed by atoms with Crippen LogP contribution in [0.5, 0.6) is 0 Å². The Morgan fingerprint density at radius 3 is 1.89 bits per heavy atom. The molecule has 0 fully saturated rings. The number of benzene rings is 7. The standard InChI is InChI=1S/C41H24N2S/c1-2-8-28-23-35-33(21-27(28)7-1)31-19-17-30(24-38(31)43-37-11-5-4-10-36(37)42-41(35)43)26-15-13-25(14-16-26)29-18-20-40-34(22-29)32-9-3-6-12-39(32)44-40/h1-24H. The Morgan fingerprint density at radius 2 is 1.05 bits per heavy atom. The van der Waals surface area contributed by atoms with E-state index in [0.29, 0.717) is 0 Å². The number of rotatable bonds is 2. The van der Waals surface area contributed by atoms with Crippen LogP contribution in [0.1, 0.15) is 0 Å². The highest BCUT2D eigenvalue weighted by molar-refractivity contribution is 7.25. The number of nitrogens with zero attached hydrogens (tertiary/aromatic N) is 2. The molecule has 0 N–H and O–H groups in total. The van der Waals surface area contributed by atoms with Gasteiger partial charge in [0.25, 0.3) is 0 Å². The molecule has 3 heterocycles. The summed E-state index contributed by atoms with van der Waals surface area (Å²) in [6, 6.07) is 53.1. The largest absolute Gasteiger partial charge is 0.292 e. The van der Waals surface area contributed by atoms with E-state index < -0.39 is 0 Å². The third-order valence-corrected chi connectivity index (χ3v) is 10.3. The Hall–Kier alpha value is -5.51. The van der Waals surface area contributed by atoms with Gasteiger partial charge in [0.05, 0.1) is 16.6 Å². The van der Waals surface area contributed by atoms with E-state index >= 15 is 0 Å². The molecule has 204 valence electrons. The molecule has 44 heavy (non-hydrogen) atoms. The summed E-state index contributed by atoms with van der Waals surface area (Å²) in [5.41, 5.74) is 9.20. The molecule has 0 saturated heterocycles. The molecular formula is C41H24N2S. The van der Waals surface area contributed by atoms with Gasteiger partial charge in [-0.05, 0) is 86.9 Å². The highest BCUT2D eigenvalue weighted by Gasteiger charge is 2.15. The quantitative estimate of drug-likeness (QED) is 0.148. The molecule has 0 bridgehead atoms. The number of pyridine rings is 1. The zero-order chi connectivity index (χ0) is 28.8. The molecule has 0 spiro atoms. The molecule has 0 atom stereocenters. The Morgan fingerprint density at radius 1 is 0.409 bits per heavy atom.